The Bertz CT molecular complexity index is 769. The van der Waals surface area contributed by atoms with Crippen molar-refractivity contribution < 1.29 is 14.4 Å². The molecule has 0 unspecified atom stereocenters. The highest BCUT2D eigenvalue weighted by Gasteiger charge is 2.26. The summed E-state index contributed by atoms with van der Waals surface area (Å²) in [7, 11) is 4.84. The number of rotatable bonds is 9. The second-order valence-corrected chi connectivity index (χ2v) is 5.62. The molecule has 140 valence electrons. The summed E-state index contributed by atoms with van der Waals surface area (Å²) in [5, 5.41) is 14.7. The van der Waals surface area contributed by atoms with Crippen molar-refractivity contribution in [1.29, 1.82) is 0 Å². The summed E-state index contributed by atoms with van der Waals surface area (Å²) < 4.78 is 10.5. The predicted molar refractivity (Wildman–Crippen MR) is 99.7 cm³/mol. The van der Waals surface area contributed by atoms with E-state index in [-0.39, 0.29) is 17.3 Å². The SMILES string of the molecule is CCCCN(C)c1ncnc(Nc2cc(OC)ccc2OC)c1[N+](=O)[O-]. The number of nitro groups is 1. The molecule has 0 aliphatic heterocycles. The smallest absolute Gasteiger partial charge is 0.353 e. The average molecular weight is 361 g/mol. The van der Waals surface area contributed by atoms with Crippen LogP contribution in [0.3, 0.4) is 0 Å². The summed E-state index contributed by atoms with van der Waals surface area (Å²) in [5.41, 5.74) is 0.326. The normalized spacial score (nSPS) is 10.3. The van der Waals surface area contributed by atoms with Crippen LogP contribution in [0.4, 0.5) is 23.0 Å². The standard InChI is InChI=1S/C17H23N5O4/c1-5-6-9-21(2)17-15(22(23)24)16(18-11-19-17)20-13-10-12(25-3)7-8-14(13)26-4/h7-8,10-11H,5-6,9H2,1-4H3,(H,18,19,20). The second-order valence-electron chi connectivity index (χ2n) is 5.62. The Morgan fingerprint density at radius 1 is 1.27 bits per heavy atom. The van der Waals surface area contributed by atoms with Crippen molar-refractivity contribution in [3.05, 3.63) is 34.6 Å². The number of benzene rings is 1. The highest BCUT2D eigenvalue weighted by molar-refractivity contribution is 5.76. The van der Waals surface area contributed by atoms with Gasteiger partial charge in [-0.1, -0.05) is 13.3 Å². The van der Waals surface area contributed by atoms with Crippen LogP contribution in [0, 0.1) is 10.1 Å². The zero-order valence-electron chi connectivity index (χ0n) is 15.4. The highest BCUT2D eigenvalue weighted by atomic mass is 16.6. The van der Waals surface area contributed by atoms with E-state index in [0.29, 0.717) is 23.7 Å². The molecule has 26 heavy (non-hydrogen) atoms. The molecule has 9 heteroatoms. The molecule has 0 saturated heterocycles. The molecule has 0 aliphatic carbocycles. The van der Waals surface area contributed by atoms with Gasteiger partial charge in [-0.2, -0.15) is 0 Å². The van der Waals surface area contributed by atoms with Gasteiger partial charge in [-0.3, -0.25) is 10.1 Å². The molecule has 0 bridgehead atoms. The van der Waals surface area contributed by atoms with Crippen LogP contribution in [-0.4, -0.2) is 42.7 Å². The molecule has 2 aromatic rings. The van der Waals surface area contributed by atoms with Crippen LogP contribution in [0.1, 0.15) is 19.8 Å². The van der Waals surface area contributed by atoms with E-state index in [1.165, 1.54) is 13.4 Å². The number of methoxy groups -OCH3 is 2. The first-order chi connectivity index (χ1) is 12.5. The van der Waals surface area contributed by atoms with Crippen LogP contribution in [0.15, 0.2) is 24.5 Å². The summed E-state index contributed by atoms with van der Waals surface area (Å²) in [6.45, 7) is 2.72. The van der Waals surface area contributed by atoms with Crippen molar-refractivity contribution in [3.63, 3.8) is 0 Å². The minimum atomic E-state index is -0.479. The van der Waals surface area contributed by atoms with E-state index < -0.39 is 4.92 Å². The maximum Gasteiger partial charge on any atom is 0.353 e. The quantitative estimate of drug-likeness (QED) is 0.535. The van der Waals surface area contributed by atoms with E-state index in [4.69, 9.17) is 9.47 Å². The Morgan fingerprint density at radius 3 is 2.65 bits per heavy atom. The fourth-order valence-corrected chi connectivity index (χ4v) is 2.45. The molecule has 1 aromatic carbocycles. The molecule has 0 fully saturated rings. The highest BCUT2D eigenvalue weighted by Crippen LogP contribution is 2.37. The van der Waals surface area contributed by atoms with E-state index >= 15 is 0 Å². The van der Waals surface area contributed by atoms with Crippen LogP contribution in [0.2, 0.25) is 0 Å². The number of anilines is 3. The maximum absolute atomic E-state index is 11.7. The van der Waals surface area contributed by atoms with Gasteiger partial charge < -0.3 is 19.7 Å². The van der Waals surface area contributed by atoms with Gasteiger partial charge in [-0.25, -0.2) is 9.97 Å². The summed E-state index contributed by atoms with van der Waals surface area (Å²) in [4.78, 5) is 21.1. The van der Waals surface area contributed by atoms with E-state index in [9.17, 15) is 10.1 Å². The van der Waals surface area contributed by atoms with Gasteiger partial charge in [-0.15, -0.1) is 0 Å². The molecule has 1 aromatic heterocycles. The Labute approximate surface area is 152 Å². The molecule has 0 atom stereocenters. The van der Waals surface area contributed by atoms with Crippen LogP contribution >= 0.6 is 0 Å². The van der Waals surface area contributed by atoms with Crippen LogP contribution < -0.4 is 19.7 Å². The van der Waals surface area contributed by atoms with Gasteiger partial charge >= 0.3 is 5.69 Å². The number of hydrogen-bond donors (Lipinski definition) is 1. The molecule has 1 N–H and O–H groups in total. The van der Waals surface area contributed by atoms with Crippen molar-refractivity contribution >= 4 is 23.0 Å². The van der Waals surface area contributed by atoms with Crippen LogP contribution in [0.5, 0.6) is 11.5 Å². The van der Waals surface area contributed by atoms with E-state index in [2.05, 4.69) is 22.2 Å². The first-order valence-corrected chi connectivity index (χ1v) is 8.21. The summed E-state index contributed by atoms with van der Waals surface area (Å²) in [6.07, 6.45) is 3.19. The number of hydrogen-bond acceptors (Lipinski definition) is 8. The van der Waals surface area contributed by atoms with Crippen LogP contribution in [-0.2, 0) is 0 Å². The van der Waals surface area contributed by atoms with E-state index in [1.54, 1.807) is 37.3 Å². The monoisotopic (exact) mass is 361 g/mol. The predicted octanol–water partition coefficient (Wildman–Crippen LogP) is 3.38. The fraction of sp³-hybridized carbons (Fsp3) is 0.412. The maximum atomic E-state index is 11.7. The third kappa shape index (κ3) is 4.29. The lowest BCUT2D eigenvalue weighted by Crippen LogP contribution is -2.21. The van der Waals surface area contributed by atoms with Gasteiger partial charge in [0, 0.05) is 19.7 Å². The van der Waals surface area contributed by atoms with Crippen LogP contribution in [0.25, 0.3) is 0 Å². The van der Waals surface area contributed by atoms with E-state index in [1.807, 2.05) is 0 Å². The van der Waals surface area contributed by atoms with Crippen molar-refractivity contribution in [1.82, 2.24) is 9.97 Å². The summed E-state index contributed by atoms with van der Waals surface area (Å²) in [6, 6.07) is 5.13. The largest absolute Gasteiger partial charge is 0.497 e. The zero-order chi connectivity index (χ0) is 19.1. The van der Waals surface area contributed by atoms with Gasteiger partial charge in [0.15, 0.2) is 0 Å². The first-order valence-electron chi connectivity index (χ1n) is 8.21. The third-order valence-electron chi connectivity index (χ3n) is 3.85. The minimum Gasteiger partial charge on any atom is -0.497 e. The summed E-state index contributed by atoms with van der Waals surface area (Å²) in [5.74, 6) is 1.46. The molecule has 9 nitrogen and oxygen atoms in total. The van der Waals surface area contributed by atoms with Gasteiger partial charge in [0.2, 0.25) is 11.6 Å². The van der Waals surface area contributed by atoms with Gasteiger partial charge in [-0.05, 0) is 18.6 Å². The lowest BCUT2D eigenvalue weighted by atomic mass is 10.2. The molecular weight excluding hydrogens is 338 g/mol. The summed E-state index contributed by atoms with van der Waals surface area (Å²) >= 11 is 0. The number of unbranched alkanes of at least 4 members (excludes halogenated alkanes) is 1. The second kappa shape index (κ2) is 8.84. The number of ether oxygens (including phenoxy) is 2. The lowest BCUT2D eigenvalue weighted by molar-refractivity contribution is -0.383. The van der Waals surface area contributed by atoms with Gasteiger partial charge in [0.25, 0.3) is 0 Å². The Morgan fingerprint density at radius 2 is 2.04 bits per heavy atom. The fourth-order valence-electron chi connectivity index (χ4n) is 2.45. The van der Waals surface area contributed by atoms with Crippen molar-refractivity contribution in [3.8, 4) is 11.5 Å². The lowest BCUT2D eigenvalue weighted by Gasteiger charge is -2.19. The molecule has 0 radical (unpaired) electrons. The Hall–Kier alpha value is -3.10. The molecule has 0 aliphatic rings. The van der Waals surface area contributed by atoms with Gasteiger partial charge in [0.1, 0.15) is 17.8 Å². The zero-order valence-corrected chi connectivity index (χ0v) is 15.4. The minimum absolute atomic E-state index is 0.0925. The average Bonchev–Trinajstić information content (AvgIpc) is 2.65. The van der Waals surface area contributed by atoms with Crippen molar-refractivity contribution in [2.75, 3.05) is 38.0 Å². The number of nitrogens with zero attached hydrogens (tertiary/aromatic N) is 4. The molecule has 0 spiro atoms. The number of nitrogens with one attached hydrogen (secondary N) is 1. The van der Waals surface area contributed by atoms with Gasteiger partial charge in [0.05, 0.1) is 24.8 Å². The molecule has 1 heterocycles. The van der Waals surface area contributed by atoms with Crippen molar-refractivity contribution in [2.24, 2.45) is 0 Å². The molecule has 0 amide bonds. The molecular formula is C17H23N5O4. The number of aromatic nitrogens is 2. The Kier molecular flexibility index (Phi) is 6.54. The molecule has 0 saturated carbocycles. The van der Waals surface area contributed by atoms with E-state index in [0.717, 1.165) is 12.8 Å². The topological polar surface area (TPSA) is 103 Å². The first kappa shape index (κ1) is 19.2. The third-order valence-corrected chi connectivity index (χ3v) is 3.85. The van der Waals surface area contributed by atoms with Crippen molar-refractivity contribution in [2.45, 2.75) is 19.8 Å². The molecule has 2 rings (SSSR count). The Balaban J connectivity index is 2.45.